The van der Waals surface area contributed by atoms with E-state index in [-0.39, 0.29) is 0 Å². The predicted octanol–water partition coefficient (Wildman–Crippen LogP) is 0.302. The highest BCUT2D eigenvalue weighted by Crippen LogP contribution is 2.22. The van der Waals surface area contributed by atoms with Crippen LogP contribution >= 0.6 is 0 Å². The summed E-state index contributed by atoms with van der Waals surface area (Å²) in [5, 5.41) is 8.68. The van der Waals surface area contributed by atoms with Gasteiger partial charge >= 0.3 is 0 Å². The van der Waals surface area contributed by atoms with Crippen molar-refractivity contribution in [2.45, 2.75) is 37.5 Å². The highest BCUT2D eigenvalue weighted by atomic mass is 32.2. The number of rotatable bonds is 3. The molecule has 0 aromatic rings. The van der Waals surface area contributed by atoms with E-state index in [2.05, 4.69) is 15.7 Å². The fraction of sp³-hybridized carbons (Fsp3) is 0.900. The van der Waals surface area contributed by atoms with Crippen LogP contribution in [0.1, 0.15) is 26.7 Å². The van der Waals surface area contributed by atoms with E-state index in [1.165, 1.54) is 0 Å². The van der Waals surface area contributed by atoms with Gasteiger partial charge in [-0.25, -0.2) is 8.42 Å². The molecular weight excluding hydrogens is 226 g/mol. The molecule has 0 bridgehead atoms. The van der Waals surface area contributed by atoms with Crippen LogP contribution in [0.4, 0.5) is 0 Å². The van der Waals surface area contributed by atoms with Gasteiger partial charge in [0.1, 0.15) is 5.54 Å². The molecular formula is C10H19N3O2S. The molecule has 1 aliphatic heterocycles. The number of sulfonamides is 1. The molecule has 1 fully saturated rings. The van der Waals surface area contributed by atoms with E-state index in [4.69, 9.17) is 0 Å². The molecule has 1 heterocycles. The van der Waals surface area contributed by atoms with E-state index in [1.54, 1.807) is 13.8 Å². The van der Waals surface area contributed by atoms with Crippen molar-refractivity contribution in [3.05, 3.63) is 0 Å². The molecule has 92 valence electrons. The quantitative estimate of drug-likeness (QED) is 0.776. The number of hydrogen-bond donors (Lipinski definition) is 1. The van der Waals surface area contributed by atoms with Gasteiger partial charge in [0.05, 0.1) is 11.3 Å². The summed E-state index contributed by atoms with van der Waals surface area (Å²) in [5.41, 5.74) is -0.907. The van der Waals surface area contributed by atoms with Crippen LogP contribution in [-0.4, -0.2) is 44.2 Å². The first-order chi connectivity index (χ1) is 7.31. The van der Waals surface area contributed by atoms with Gasteiger partial charge in [-0.05, 0) is 33.7 Å². The second-order valence-electron chi connectivity index (χ2n) is 4.69. The maximum absolute atomic E-state index is 11.8. The first-order valence-corrected chi connectivity index (χ1v) is 6.98. The minimum absolute atomic E-state index is 0.502. The third-order valence-corrected chi connectivity index (χ3v) is 4.93. The SMILES string of the molecule is CC(C)S(=O)(=O)NC1(C#N)CCN(C)CC1. The van der Waals surface area contributed by atoms with Crippen LogP contribution < -0.4 is 4.72 Å². The van der Waals surface area contributed by atoms with E-state index >= 15 is 0 Å². The minimum Gasteiger partial charge on any atom is -0.306 e. The number of nitrogens with zero attached hydrogens (tertiary/aromatic N) is 2. The van der Waals surface area contributed by atoms with Crippen molar-refractivity contribution in [1.82, 2.24) is 9.62 Å². The standard InChI is InChI=1S/C10H19N3O2S/c1-9(2)16(14,15)12-10(8-11)4-6-13(3)7-5-10/h9,12H,4-7H2,1-3H3. The van der Waals surface area contributed by atoms with Gasteiger partial charge in [-0.3, -0.25) is 0 Å². The molecule has 0 spiro atoms. The summed E-state index contributed by atoms with van der Waals surface area (Å²) < 4.78 is 26.1. The first kappa shape index (κ1) is 13.4. The lowest BCUT2D eigenvalue weighted by Gasteiger charge is -2.36. The third kappa shape index (κ3) is 2.94. The summed E-state index contributed by atoms with van der Waals surface area (Å²) in [6.07, 6.45) is 1.10. The van der Waals surface area contributed by atoms with E-state index in [0.717, 1.165) is 13.1 Å². The van der Waals surface area contributed by atoms with Gasteiger partial charge in [-0.1, -0.05) is 0 Å². The molecule has 0 atom stereocenters. The topological polar surface area (TPSA) is 73.2 Å². The van der Waals surface area contributed by atoms with Crippen molar-refractivity contribution in [1.29, 1.82) is 5.26 Å². The molecule has 0 aromatic carbocycles. The summed E-state index contributed by atoms with van der Waals surface area (Å²) in [6, 6.07) is 2.13. The molecule has 0 radical (unpaired) electrons. The molecule has 1 saturated heterocycles. The van der Waals surface area contributed by atoms with Crippen LogP contribution in [-0.2, 0) is 10.0 Å². The molecule has 0 aromatic heterocycles. The normalized spacial score (nSPS) is 21.9. The van der Waals surface area contributed by atoms with Gasteiger partial charge in [0.15, 0.2) is 0 Å². The van der Waals surface area contributed by atoms with Gasteiger partial charge in [0, 0.05) is 13.1 Å². The number of nitrogens with one attached hydrogen (secondary N) is 1. The number of likely N-dealkylation sites (tertiary alicyclic amines) is 1. The average molecular weight is 245 g/mol. The Balaban J connectivity index is 2.81. The fourth-order valence-electron chi connectivity index (χ4n) is 1.63. The molecule has 1 N–H and O–H groups in total. The zero-order valence-corrected chi connectivity index (χ0v) is 10.8. The minimum atomic E-state index is -3.38. The summed E-state index contributed by atoms with van der Waals surface area (Å²) in [7, 11) is -1.41. The molecule has 5 nitrogen and oxygen atoms in total. The van der Waals surface area contributed by atoms with Crippen LogP contribution in [0.5, 0.6) is 0 Å². The summed E-state index contributed by atoms with van der Waals surface area (Å²) in [4.78, 5) is 2.10. The van der Waals surface area contributed by atoms with Crippen molar-refractivity contribution >= 4 is 10.0 Å². The fourth-order valence-corrected chi connectivity index (χ4v) is 2.66. The molecule has 0 saturated carbocycles. The molecule has 0 amide bonds. The lowest BCUT2D eigenvalue weighted by molar-refractivity contribution is 0.213. The first-order valence-electron chi connectivity index (χ1n) is 5.44. The van der Waals surface area contributed by atoms with Gasteiger partial charge in [0.2, 0.25) is 10.0 Å². The lowest BCUT2D eigenvalue weighted by atomic mass is 9.91. The Labute approximate surface area is 97.5 Å². The smallest absolute Gasteiger partial charge is 0.215 e. The Kier molecular flexibility index (Phi) is 3.94. The molecule has 6 heteroatoms. The Morgan fingerprint density at radius 3 is 2.25 bits per heavy atom. The van der Waals surface area contributed by atoms with Crippen molar-refractivity contribution in [3.8, 4) is 6.07 Å². The summed E-state index contributed by atoms with van der Waals surface area (Å²) >= 11 is 0. The molecule has 0 unspecified atom stereocenters. The van der Waals surface area contributed by atoms with Gasteiger partial charge in [-0.15, -0.1) is 0 Å². The lowest BCUT2D eigenvalue weighted by Crippen LogP contribution is -2.55. The van der Waals surface area contributed by atoms with Crippen molar-refractivity contribution in [2.75, 3.05) is 20.1 Å². The predicted molar refractivity (Wildman–Crippen MR) is 62.3 cm³/mol. The van der Waals surface area contributed by atoms with Crippen molar-refractivity contribution in [2.24, 2.45) is 0 Å². The largest absolute Gasteiger partial charge is 0.306 e. The zero-order chi connectivity index (χ0) is 12.4. The Morgan fingerprint density at radius 1 is 1.38 bits per heavy atom. The van der Waals surface area contributed by atoms with Crippen LogP contribution in [0.3, 0.4) is 0 Å². The monoisotopic (exact) mass is 245 g/mol. The zero-order valence-electron chi connectivity index (χ0n) is 10.0. The summed E-state index contributed by atoms with van der Waals surface area (Å²) in [6.45, 7) is 4.72. The summed E-state index contributed by atoms with van der Waals surface area (Å²) in [5.74, 6) is 0. The van der Waals surface area contributed by atoms with Gasteiger partial charge in [-0.2, -0.15) is 9.98 Å². The molecule has 1 rings (SSSR count). The van der Waals surface area contributed by atoms with E-state index in [0.29, 0.717) is 12.8 Å². The highest BCUT2D eigenvalue weighted by Gasteiger charge is 2.38. The average Bonchev–Trinajstić information content (AvgIpc) is 2.21. The Morgan fingerprint density at radius 2 is 1.88 bits per heavy atom. The third-order valence-electron chi connectivity index (χ3n) is 3.01. The number of hydrogen-bond acceptors (Lipinski definition) is 4. The molecule has 16 heavy (non-hydrogen) atoms. The maximum atomic E-state index is 11.8. The van der Waals surface area contributed by atoms with Crippen LogP contribution in [0.15, 0.2) is 0 Å². The second kappa shape index (κ2) is 4.70. The van der Waals surface area contributed by atoms with Crippen LogP contribution in [0.2, 0.25) is 0 Å². The van der Waals surface area contributed by atoms with Crippen molar-refractivity contribution < 1.29 is 8.42 Å². The maximum Gasteiger partial charge on any atom is 0.215 e. The second-order valence-corrected chi connectivity index (χ2v) is 6.93. The van der Waals surface area contributed by atoms with Crippen LogP contribution in [0.25, 0.3) is 0 Å². The highest BCUT2D eigenvalue weighted by molar-refractivity contribution is 7.90. The van der Waals surface area contributed by atoms with Crippen molar-refractivity contribution in [3.63, 3.8) is 0 Å². The molecule has 0 aliphatic carbocycles. The molecule has 1 aliphatic rings. The van der Waals surface area contributed by atoms with E-state index < -0.39 is 20.8 Å². The number of piperidine rings is 1. The Bertz CT molecular complexity index is 375. The van der Waals surface area contributed by atoms with Gasteiger partial charge in [0.25, 0.3) is 0 Å². The number of nitriles is 1. The van der Waals surface area contributed by atoms with Gasteiger partial charge < -0.3 is 4.90 Å². The Hall–Kier alpha value is -0.640. The van der Waals surface area contributed by atoms with E-state index in [9.17, 15) is 13.7 Å². The van der Waals surface area contributed by atoms with E-state index in [1.807, 2.05) is 7.05 Å². The van der Waals surface area contributed by atoms with Crippen LogP contribution in [0, 0.1) is 11.3 Å².